The van der Waals surface area contributed by atoms with E-state index in [1.165, 1.54) is 35.9 Å². The molecule has 2 rings (SSSR count). The Labute approximate surface area is 121 Å². The summed E-state index contributed by atoms with van der Waals surface area (Å²) in [5.74, 6) is 2.19. The maximum atomic E-state index is 5.67. The number of anilines is 2. The molecule has 0 saturated carbocycles. The number of hydrogen-bond donors (Lipinski definition) is 2. The van der Waals surface area contributed by atoms with E-state index in [2.05, 4.69) is 36.6 Å². The van der Waals surface area contributed by atoms with Gasteiger partial charge in [0.1, 0.15) is 12.7 Å². The van der Waals surface area contributed by atoms with Crippen LogP contribution in [0.3, 0.4) is 0 Å². The van der Waals surface area contributed by atoms with Gasteiger partial charge in [0.15, 0.2) is 0 Å². The Hall–Kier alpha value is -1.90. The zero-order chi connectivity index (χ0) is 14.2. The molecule has 9 heteroatoms. The Balaban J connectivity index is 1.88. The third-order valence-electron chi connectivity index (χ3n) is 2.57. The summed E-state index contributed by atoms with van der Waals surface area (Å²) in [5.41, 5.74) is 5.67. The van der Waals surface area contributed by atoms with Crippen molar-refractivity contribution in [1.82, 2.24) is 29.7 Å². The van der Waals surface area contributed by atoms with Crippen molar-refractivity contribution in [1.29, 1.82) is 0 Å². The van der Waals surface area contributed by atoms with E-state index in [0.29, 0.717) is 11.9 Å². The number of rotatable bonds is 8. The van der Waals surface area contributed by atoms with Crippen LogP contribution in [0.5, 0.6) is 0 Å². The van der Waals surface area contributed by atoms with Crippen LogP contribution in [-0.4, -0.2) is 48.3 Å². The van der Waals surface area contributed by atoms with Gasteiger partial charge in [-0.1, -0.05) is 6.42 Å². The minimum Gasteiger partial charge on any atom is -0.368 e. The van der Waals surface area contributed by atoms with E-state index in [9.17, 15) is 0 Å². The zero-order valence-corrected chi connectivity index (χ0v) is 12.2. The monoisotopic (exact) mass is 294 g/mol. The van der Waals surface area contributed by atoms with Gasteiger partial charge in [-0.05, 0) is 24.9 Å². The molecule has 0 amide bonds. The molecule has 0 saturated heterocycles. The van der Waals surface area contributed by atoms with Crippen molar-refractivity contribution in [2.75, 3.05) is 29.6 Å². The molecule has 8 nitrogen and oxygen atoms in total. The van der Waals surface area contributed by atoms with E-state index < -0.39 is 0 Å². The fourth-order valence-corrected chi connectivity index (χ4v) is 2.11. The molecule has 0 aliphatic heterocycles. The smallest absolute Gasteiger partial charge is 0.258 e. The lowest BCUT2D eigenvalue weighted by Gasteiger charge is -2.06. The average Bonchev–Trinajstić information content (AvgIpc) is 2.96. The third kappa shape index (κ3) is 4.34. The maximum absolute atomic E-state index is 5.67. The highest BCUT2D eigenvalue weighted by Gasteiger charge is 2.06. The van der Waals surface area contributed by atoms with Gasteiger partial charge >= 0.3 is 0 Å². The van der Waals surface area contributed by atoms with Gasteiger partial charge in [0, 0.05) is 6.54 Å². The summed E-state index contributed by atoms with van der Waals surface area (Å²) in [6.45, 7) is 0.814. The molecule has 0 fully saturated rings. The van der Waals surface area contributed by atoms with Gasteiger partial charge in [-0.2, -0.15) is 36.5 Å². The summed E-state index contributed by atoms with van der Waals surface area (Å²) in [5, 5.41) is 7.12. The normalized spacial score (nSPS) is 10.7. The highest BCUT2D eigenvalue weighted by molar-refractivity contribution is 7.98. The van der Waals surface area contributed by atoms with Gasteiger partial charge < -0.3 is 11.1 Å². The zero-order valence-electron chi connectivity index (χ0n) is 11.4. The quantitative estimate of drug-likeness (QED) is 0.694. The van der Waals surface area contributed by atoms with Gasteiger partial charge in [0.2, 0.25) is 11.9 Å². The number of thioether (sulfide) groups is 1. The molecule has 0 aliphatic carbocycles. The molecule has 2 heterocycles. The molecule has 2 aromatic heterocycles. The second-order valence-electron chi connectivity index (χ2n) is 4.14. The molecular formula is C11H18N8S. The Kier molecular flexibility index (Phi) is 5.54. The summed E-state index contributed by atoms with van der Waals surface area (Å²) in [7, 11) is 0. The first-order valence-electron chi connectivity index (χ1n) is 6.39. The molecule has 108 valence electrons. The number of unbranched alkanes of at least 4 members (excludes halogenated alkanes) is 2. The highest BCUT2D eigenvalue weighted by atomic mass is 32.2. The number of nitrogens with zero attached hydrogens (tertiary/aromatic N) is 6. The van der Waals surface area contributed by atoms with Crippen molar-refractivity contribution in [2.45, 2.75) is 19.3 Å². The van der Waals surface area contributed by atoms with E-state index in [-0.39, 0.29) is 5.95 Å². The Morgan fingerprint density at radius 2 is 2.15 bits per heavy atom. The van der Waals surface area contributed by atoms with E-state index in [1.54, 1.807) is 0 Å². The largest absolute Gasteiger partial charge is 0.368 e. The van der Waals surface area contributed by atoms with Crippen LogP contribution in [0.2, 0.25) is 0 Å². The van der Waals surface area contributed by atoms with Crippen molar-refractivity contribution >= 4 is 23.7 Å². The summed E-state index contributed by atoms with van der Waals surface area (Å²) in [6, 6.07) is 0. The second-order valence-corrected chi connectivity index (χ2v) is 5.12. The predicted octanol–water partition coefficient (Wildman–Crippen LogP) is 0.980. The van der Waals surface area contributed by atoms with Crippen LogP contribution in [0, 0.1) is 0 Å². The fourth-order valence-electron chi connectivity index (χ4n) is 1.62. The van der Waals surface area contributed by atoms with Gasteiger partial charge in [0.25, 0.3) is 5.95 Å². The minimum atomic E-state index is 0.162. The lowest BCUT2D eigenvalue weighted by molar-refractivity contribution is 0.742. The Morgan fingerprint density at radius 1 is 1.25 bits per heavy atom. The average molecular weight is 294 g/mol. The van der Waals surface area contributed by atoms with E-state index in [1.807, 2.05) is 11.8 Å². The van der Waals surface area contributed by atoms with Crippen LogP contribution >= 0.6 is 11.8 Å². The fraction of sp³-hybridized carbons (Fsp3) is 0.545. The van der Waals surface area contributed by atoms with Crippen molar-refractivity contribution in [3.8, 4) is 5.95 Å². The first kappa shape index (κ1) is 14.5. The van der Waals surface area contributed by atoms with Crippen molar-refractivity contribution < 1.29 is 0 Å². The van der Waals surface area contributed by atoms with Crippen LogP contribution in [0.4, 0.5) is 11.9 Å². The van der Waals surface area contributed by atoms with Gasteiger partial charge in [0.05, 0.1) is 0 Å². The Bertz CT molecular complexity index is 515. The molecule has 2 aromatic rings. The molecular weight excluding hydrogens is 276 g/mol. The molecule has 0 radical (unpaired) electrons. The molecule has 0 aromatic carbocycles. The lowest BCUT2D eigenvalue weighted by atomic mass is 10.2. The van der Waals surface area contributed by atoms with Crippen molar-refractivity contribution in [3.63, 3.8) is 0 Å². The number of nitrogen functional groups attached to an aromatic ring is 1. The number of nitrogens with one attached hydrogen (secondary N) is 1. The first-order valence-corrected chi connectivity index (χ1v) is 7.78. The lowest BCUT2D eigenvalue weighted by Crippen LogP contribution is -2.12. The van der Waals surface area contributed by atoms with Gasteiger partial charge in [-0.15, -0.1) is 0 Å². The number of aromatic nitrogens is 6. The van der Waals surface area contributed by atoms with Crippen LogP contribution < -0.4 is 11.1 Å². The van der Waals surface area contributed by atoms with E-state index in [0.717, 1.165) is 13.0 Å². The van der Waals surface area contributed by atoms with Crippen LogP contribution in [0.1, 0.15) is 19.3 Å². The summed E-state index contributed by atoms with van der Waals surface area (Å²) < 4.78 is 1.45. The molecule has 0 bridgehead atoms. The van der Waals surface area contributed by atoms with Crippen LogP contribution in [-0.2, 0) is 0 Å². The second kappa shape index (κ2) is 7.63. The molecule has 3 N–H and O–H groups in total. The standard InChI is InChI=1S/C11H18N8S/c1-20-6-4-2-3-5-14-10-16-9(12)17-11(18-10)19-8-13-7-15-19/h7-8H,2-6H2,1H3,(H3,12,14,16,17,18). The predicted molar refractivity (Wildman–Crippen MR) is 79.9 cm³/mol. The molecule has 0 atom stereocenters. The van der Waals surface area contributed by atoms with E-state index >= 15 is 0 Å². The summed E-state index contributed by atoms with van der Waals surface area (Å²) in [6.07, 6.45) is 8.54. The Morgan fingerprint density at radius 3 is 2.90 bits per heavy atom. The van der Waals surface area contributed by atoms with Crippen molar-refractivity contribution in [2.24, 2.45) is 0 Å². The van der Waals surface area contributed by atoms with Crippen LogP contribution in [0.25, 0.3) is 5.95 Å². The highest BCUT2D eigenvalue weighted by Crippen LogP contribution is 2.07. The van der Waals surface area contributed by atoms with Crippen LogP contribution in [0.15, 0.2) is 12.7 Å². The van der Waals surface area contributed by atoms with Crippen molar-refractivity contribution in [3.05, 3.63) is 12.7 Å². The summed E-state index contributed by atoms with van der Waals surface area (Å²) in [4.78, 5) is 16.2. The molecule has 0 spiro atoms. The first-order chi connectivity index (χ1) is 9.79. The van der Waals surface area contributed by atoms with Gasteiger partial charge in [-0.3, -0.25) is 0 Å². The molecule has 20 heavy (non-hydrogen) atoms. The van der Waals surface area contributed by atoms with Gasteiger partial charge in [-0.25, -0.2) is 4.98 Å². The topological polar surface area (TPSA) is 107 Å². The van der Waals surface area contributed by atoms with E-state index in [4.69, 9.17) is 5.73 Å². The maximum Gasteiger partial charge on any atom is 0.258 e. The summed E-state index contributed by atoms with van der Waals surface area (Å²) >= 11 is 1.87. The minimum absolute atomic E-state index is 0.162. The molecule has 0 unspecified atom stereocenters. The SMILES string of the molecule is CSCCCCCNc1nc(N)nc(-n2cncn2)n1. The number of hydrogen-bond acceptors (Lipinski definition) is 8. The number of nitrogens with two attached hydrogens (primary N) is 1. The molecule has 0 aliphatic rings. The third-order valence-corrected chi connectivity index (χ3v) is 3.27.